The van der Waals surface area contributed by atoms with Gasteiger partial charge in [-0.1, -0.05) is 0 Å². The molecule has 1 saturated heterocycles. The Labute approximate surface area is 108 Å². The minimum Gasteiger partial charge on any atom is -0.373 e. The second-order valence-electron chi connectivity index (χ2n) is 5.34. The zero-order valence-electron chi connectivity index (χ0n) is 10.9. The number of rotatable bonds is 5. The van der Waals surface area contributed by atoms with Crippen LogP contribution in [-0.4, -0.2) is 34.5 Å². The van der Waals surface area contributed by atoms with Gasteiger partial charge < -0.3 is 14.6 Å². The highest BCUT2D eigenvalue weighted by molar-refractivity contribution is 4.97. The highest BCUT2D eigenvalue weighted by Crippen LogP contribution is 2.15. The van der Waals surface area contributed by atoms with Crippen molar-refractivity contribution < 1.29 is 4.74 Å². The van der Waals surface area contributed by atoms with Gasteiger partial charge in [-0.3, -0.25) is 0 Å². The van der Waals surface area contributed by atoms with Crippen LogP contribution in [0.5, 0.6) is 0 Å². The van der Waals surface area contributed by atoms with Gasteiger partial charge in [0.25, 0.3) is 0 Å². The topological polar surface area (TPSA) is 52.0 Å². The van der Waals surface area contributed by atoms with E-state index in [-0.39, 0.29) is 0 Å². The molecule has 1 aromatic rings. The first kappa shape index (κ1) is 12.1. The Kier molecular flexibility index (Phi) is 3.90. The molecule has 0 bridgehead atoms. The molecule has 3 rings (SSSR count). The second kappa shape index (κ2) is 5.80. The summed E-state index contributed by atoms with van der Waals surface area (Å²) in [7, 11) is 0. The van der Waals surface area contributed by atoms with Crippen molar-refractivity contribution in [3.05, 3.63) is 11.6 Å². The number of fused-ring (bicyclic) bond motifs is 1. The van der Waals surface area contributed by atoms with Crippen molar-refractivity contribution in [2.24, 2.45) is 5.92 Å². The number of aromatic nitrogens is 3. The predicted molar refractivity (Wildman–Crippen MR) is 68.2 cm³/mol. The van der Waals surface area contributed by atoms with Crippen LogP contribution in [0, 0.1) is 5.92 Å². The van der Waals surface area contributed by atoms with E-state index >= 15 is 0 Å². The minimum atomic E-state index is 0.618. The highest BCUT2D eigenvalue weighted by atomic mass is 16.5. The summed E-state index contributed by atoms with van der Waals surface area (Å²) in [6.45, 7) is 4.85. The van der Waals surface area contributed by atoms with Crippen molar-refractivity contribution in [3.8, 4) is 0 Å². The number of aryl methyl sites for hydroxylation is 1. The molecule has 2 aliphatic rings. The van der Waals surface area contributed by atoms with Gasteiger partial charge in [0, 0.05) is 19.6 Å². The quantitative estimate of drug-likeness (QED) is 0.796. The van der Waals surface area contributed by atoms with Crippen LogP contribution < -0.4 is 5.32 Å². The largest absolute Gasteiger partial charge is 0.373 e. The Balaban J connectivity index is 1.43. The Hall–Kier alpha value is -0.940. The van der Waals surface area contributed by atoms with E-state index in [1.807, 2.05) is 0 Å². The summed E-state index contributed by atoms with van der Waals surface area (Å²) < 4.78 is 7.99. The molecule has 1 N–H and O–H groups in total. The fraction of sp³-hybridized carbons (Fsp3) is 0.846. The molecule has 3 heterocycles. The van der Waals surface area contributed by atoms with Crippen molar-refractivity contribution in [1.29, 1.82) is 0 Å². The van der Waals surface area contributed by atoms with Gasteiger partial charge in [-0.15, -0.1) is 10.2 Å². The van der Waals surface area contributed by atoms with Gasteiger partial charge in [0.15, 0.2) is 5.82 Å². The minimum absolute atomic E-state index is 0.618. The molecule has 0 radical (unpaired) electrons. The Morgan fingerprint density at radius 3 is 3.22 bits per heavy atom. The molecule has 1 atom stereocenters. The van der Waals surface area contributed by atoms with Gasteiger partial charge >= 0.3 is 0 Å². The van der Waals surface area contributed by atoms with Crippen LogP contribution in [0.3, 0.4) is 0 Å². The number of ether oxygens (including phenoxy) is 1. The first-order valence-corrected chi connectivity index (χ1v) is 7.13. The van der Waals surface area contributed by atoms with Crippen molar-refractivity contribution >= 4 is 0 Å². The van der Waals surface area contributed by atoms with Crippen molar-refractivity contribution in [1.82, 2.24) is 20.1 Å². The normalized spacial score (nSPS) is 23.2. The smallest absolute Gasteiger partial charge is 0.159 e. The van der Waals surface area contributed by atoms with Gasteiger partial charge in [0.05, 0.1) is 0 Å². The average Bonchev–Trinajstić information content (AvgIpc) is 3.04. The van der Waals surface area contributed by atoms with E-state index in [0.29, 0.717) is 6.61 Å². The van der Waals surface area contributed by atoms with E-state index in [4.69, 9.17) is 4.74 Å². The molecule has 0 saturated carbocycles. The third-order valence-corrected chi connectivity index (χ3v) is 4.00. The molecular formula is C13H22N4O. The van der Waals surface area contributed by atoms with Gasteiger partial charge in [-0.2, -0.15) is 0 Å². The van der Waals surface area contributed by atoms with Crippen LogP contribution in [-0.2, 0) is 24.3 Å². The molecule has 18 heavy (non-hydrogen) atoms. The van der Waals surface area contributed by atoms with Gasteiger partial charge in [-0.25, -0.2) is 0 Å². The lowest BCUT2D eigenvalue weighted by molar-refractivity contribution is 0.101. The summed E-state index contributed by atoms with van der Waals surface area (Å²) in [5, 5.41) is 11.9. The lowest BCUT2D eigenvalue weighted by Crippen LogP contribution is -2.14. The summed E-state index contributed by atoms with van der Waals surface area (Å²) in [5.74, 6) is 2.95. The predicted octanol–water partition coefficient (Wildman–Crippen LogP) is 1.13. The van der Waals surface area contributed by atoms with Crippen LogP contribution in [0.1, 0.15) is 37.3 Å². The molecule has 0 aliphatic carbocycles. The molecular weight excluding hydrogens is 228 g/mol. The molecule has 0 amide bonds. The Morgan fingerprint density at radius 2 is 2.33 bits per heavy atom. The highest BCUT2D eigenvalue weighted by Gasteiger charge is 2.16. The maximum Gasteiger partial charge on any atom is 0.159 e. The number of nitrogens with one attached hydrogen (secondary N) is 1. The zero-order chi connectivity index (χ0) is 12.2. The lowest BCUT2D eigenvalue weighted by Gasteiger charge is -2.15. The summed E-state index contributed by atoms with van der Waals surface area (Å²) in [4.78, 5) is 0. The lowest BCUT2D eigenvalue weighted by atomic mass is 10.1. The average molecular weight is 250 g/mol. The molecule has 1 aromatic heterocycles. The number of hydrogen-bond acceptors (Lipinski definition) is 4. The van der Waals surface area contributed by atoms with E-state index in [0.717, 1.165) is 50.1 Å². The first-order chi connectivity index (χ1) is 8.93. The van der Waals surface area contributed by atoms with Crippen molar-refractivity contribution in [2.45, 2.75) is 45.3 Å². The molecule has 100 valence electrons. The van der Waals surface area contributed by atoms with Crippen LogP contribution >= 0.6 is 0 Å². The number of nitrogens with zero attached hydrogens (tertiary/aromatic N) is 3. The maximum atomic E-state index is 5.75. The van der Waals surface area contributed by atoms with E-state index in [9.17, 15) is 0 Å². The molecule has 0 spiro atoms. The monoisotopic (exact) mass is 250 g/mol. The van der Waals surface area contributed by atoms with Crippen LogP contribution in [0.15, 0.2) is 0 Å². The fourth-order valence-corrected chi connectivity index (χ4v) is 2.85. The summed E-state index contributed by atoms with van der Waals surface area (Å²) in [5.41, 5.74) is 0. The van der Waals surface area contributed by atoms with E-state index < -0.39 is 0 Å². The van der Waals surface area contributed by atoms with Crippen LogP contribution in [0.4, 0.5) is 0 Å². The maximum absolute atomic E-state index is 5.75. The number of hydrogen-bond donors (Lipinski definition) is 1. The molecule has 1 unspecified atom stereocenters. The van der Waals surface area contributed by atoms with Gasteiger partial charge in [0.1, 0.15) is 12.4 Å². The summed E-state index contributed by atoms with van der Waals surface area (Å²) in [6.07, 6.45) is 6.01. The molecule has 0 aromatic carbocycles. The molecule has 2 aliphatic heterocycles. The Morgan fingerprint density at radius 1 is 1.33 bits per heavy atom. The first-order valence-electron chi connectivity index (χ1n) is 7.13. The van der Waals surface area contributed by atoms with Crippen LogP contribution in [0.25, 0.3) is 0 Å². The van der Waals surface area contributed by atoms with Crippen molar-refractivity contribution in [2.75, 3.05) is 19.7 Å². The molecule has 5 heteroatoms. The second-order valence-corrected chi connectivity index (χ2v) is 5.34. The summed E-state index contributed by atoms with van der Waals surface area (Å²) in [6, 6.07) is 0. The molecule has 5 nitrogen and oxygen atoms in total. The fourth-order valence-electron chi connectivity index (χ4n) is 2.85. The third-order valence-electron chi connectivity index (χ3n) is 4.00. The van der Waals surface area contributed by atoms with Crippen LogP contribution in [0.2, 0.25) is 0 Å². The van der Waals surface area contributed by atoms with Gasteiger partial charge in [-0.05, 0) is 44.7 Å². The van der Waals surface area contributed by atoms with Crippen molar-refractivity contribution in [3.63, 3.8) is 0 Å². The summed E-state index contributed by atoms with van der Waals surface area (Å²) >= 11 is 0. The van der Waals surface area contributed by atoms with E-state index in [1.165, 1.54) is 25.8 Å². The van der Waals surface area contributed by atoms with E-state index in [2.05, 4.69) is 20.1 Å². The third kappa shape index (κ3) is 2.72. The standard InChI is InChI=1S/C13H22N4O/c1-2-7-17-12(3-1)15-16-13(17)10-18-8-5-11-4-6-14-9-11/h11,14H,1-10H2. The zero-order valence-corrected chi connectivity index (χ0v) is 10.9. The Bertz CT molecular complexity index is 384. The van der Waals surface area contributed by atoms with Gasteiger partial charge in [0.2, 0.25) is 0 Å². The van der Waals surface area contributed by atoms with E-state index in [1.54, 1.807) is 0 Å². The molecule has 1 fully saturated rings. The SMILES string of the molecule is C1CCn2c(nnc2COCCC2CCNC2)C1.